The van der Waals surface area contributed by atoms with Crippen molar-refractivity contribution in [3.8, 4) is 0 Å². The molecule has 0 saturated heterocycles. The first-order valence-corrected chi connectivity index (χ1v) is 8.63. The van der Waals surface area contributed by atoms with Gasteiger partial charge < -0.3 is 10.2 Å². The van der Waals surface area contributed by atoms with Gasteiger partial charge in [0.25, 0.3) is 0 Å². The van der Waals surface area contributed by atoms with Gasteiger partial charge in [-0.1, -0.05) is 48.5 Å². The van der Waals surface area contributed by atoms with Crippen molar-refractivity contribution < 1.29 is 19.8 Å². The second kappa shape index (κ2) is 7.83. The number of fused-ring (bicyclic) bond motifs is 2. The molecule has 4 rings (SSSR count). The Morgan fingerprint density at radius 3 is 2.08 bits per heavy atom. The quantitative estimate of drug-likeness (QED) is 0.697. The van der Waals surface area contributed by atoms with Gasteiger partial charge in [-0.2, -0.15) is 0 Å². The van der Waals surface area contributed by atoms with E-state index in [9.17, 15) is 9.59 Å². The highest BCUT2D eigenvalue weighted by Crippen LogP contribution is 2.24. The number of hydrogen-bond donors (Lipinski definition) is 2. The van der Waals surface area contributed by atoms with E-state index in [2.05, 4.69) is 0 Å². The van der Waals surface area contributed by atoms with Gasteiger partial charge in [0.15, 0.2) is 0 Å². The van der Waals surface area contributed by atoms with Crippen molar-refractivity contribution in [1.29, 1.82) is 0 Å². The summed E-state index contributed by atoms with van der Waals surface area (Å²) < 4.78 is 0. The highest BCUT2D eigenvalue weighted by molar-refractivity contribution is 6.03. The van der Waals surface area contributed by atoms with E-state index in [-0.39, 0.29) is 0 Å². The summed E-state index contributed by atoms with van der Waals surface area (Å²) in [7, 11) is 0. The zero-order chi connectivity index (χ0) is 18.5. The van der Waals surface area contributed by atoms with E-state index in [0.29, 0.717) is 11.1 Å². The number of carboxylic acid groups (broad SMARTS) is 2. The van der Waals surface area contributed by atoms with Crippen LogP contribution in [0.15, 0.2) is 60.7 Å². The molecule has 4 heteroatoms. The molecule has 0 bridgehead atoms. The SMILES string of the molecule is O=C(O)c1cccc2c1CCCC2.O=C(O)c1cccc2ccccc12. The average Bonchev–Trinajstić information content (AvgIpc) is 2.67. The molecule has 0 unspecified atom stereocenters. The lowest BCUT2D eigenvalue weighted by molar-refractivity contribution is 0.0686. The molecule has 3 aromatic carbocycles. The molecule has 0 aliphatic heterocycles. The van der Waals surface area contributed by atoms with Gasteiger partial charge in [0, 0.05) is 0 Å². The van der Waals surface area contributed by atoms with Gasteiger partial charge >= 0.3 is 11.9 Å². The lowest BCUT2D eigenvalue weighted by Gasteiger charge is -2.17. The second-order valence-corrected chi connectivity index (χ2v) is 6.29. The summed E-state index contributed by atoms with van der Waals surface area (Å²) in [5.41, 5.74) is 3.14. The number of benzene rings is 3. The molecule has 4 nitrogen and oxygen atoms in total. The van der Waals surface area contributed by atoms with Crippen molar-refractivity contribution in [2.75, 3.05) is 0 Å². The number of rotatable bonds is 2. The van der Waals surface area contributed by atoms with E-state index in [1.807, 2.05) is 42.5 Å². The summed E-state index contributed by atoms with van der Waals surface area (Å²) in [6, 6.07) is 18.3. The summed E-state index contributed by atoms with van der Waals surface area (Å²) in [5.74, 6) is -1.67. The first-order chi connectivity index (χ1) is 12.6. The monoisotopic (exact) mass is 348 g/mol. The van der Waals surface area contributed by atoms with Crippen LogP contribution >= 0.6 is 0 Å². The zero-order valence-corrected chi connectivity index (χ0v) is 14.3. The van der Waals surface area contributed by atoms with Gasteiger partial charge in [0.1, 0.15) is 0 Å². The van der Waals surface area contributed by atoms with E-state index in [4.69, 9.17) is 10.2 Å². The molecule has 132 valence electrons. The molecule has 0 atom stereocenters. The Morgan fingerprint density at radius 2 is 1.31 bits per heavy atom. The molecule has 2 N–H and O–H groups in total. The Bertz CT molecular complexity index is 954. The van der Waals surface area contributed by atoms with Crippen LogP contribution in [0.25, 0.3) is 10.8 Å². The topological polar surface area (TPSA) is 74.6 Å². The standard InChI is InChI=1S/C11H12O2.C11H8O2/c2*12-11(13)10-7-3-5-8-4-1-2-6-9(8)10/h3,5,7H,1-2,4,6H2,(H,12,13);1-7H,(H,12,13). The van der Waals surface area contributed by atoms with Crippen molar-refractivity contribution in [1.82, 2.24) is 0 Å². The molecule has 0 amide bonds. The van der Waals surface area contributed by atoms with Gasteiger partial charge in [0.05, 0.1) is 11.1 Å². The second-order valence-electron chi connectivity index (χ2n) is 6.29. The summed E-state index contributed by atoms with van der Waals surface area (Å²) in [6.45, 7) is 0. The van der Waals surface area contributed by atoms with Crippen LogP contribution < -0.4 is 0 Å². The van der Waals surface area contributed by atoms with Crippen LogP contribution in [0, 0.1) is 0 Å². The smallest absolute Gasteiger partial charge is 0.336 e. The molecule has 0 spiro atoms. The van der Waals surface area contributed by atoms with Gasteiger partial charge in [-0.05, 0) is 59.7 Å². The highest BCUT2D eigenvalue weighted by atomic mass is 16.4. The Kier molecular flexibility index (Phi) is 5.32. The molecule has 3 aromatic rings. The Balaban J connectivity index is 0.000000151. The predicted molar refractivity (Wildman–Crippen MR) is 101 cm³/mol. The predicted octanol–water partition coefficient (Wildman–Crippen LogP) is 4.80. The summed E-state index contributed by atoms with van der Waals surface area (Å²) in [4.78, 5) is 21.7. The fraction of sp³-hybridized carbons (Fsp3) is 0.182. The molecule has 0 saturated carbocycles. The molecule has 26 heavy (non-hydrogen) atoms. The Labute approximate surface area is 151 Å². The fourth-order valence-electron chi connectivity index (χ4n) is 3.39. The number of aromatic carboxylic acids is 2. The van der Waals surface area contributed by atoms with E-state index in [0.717, 1.165) is 35.6 Å². The summed E-state index contributed by atoms with van der Waals surface area (Å²) >= 11 is 0. The van der Waals surface area contributed by atoms with Crippen molar-refractivity contribution in [3.05, 3.63) is 82.9 Å². The van der Waals surface area contributed by atoms with Crippen LogP contribution in [-0.2, 0) is 12.8 Å². The van der Waals surface area contributed by atoms with Crippen LogP contribution in [0.2, 0.25) is 0 Å². The number of hydrogen-bond acceptors (Lipinski definition) is 2. The van der Waals surface area contributed by atoms with E-state index < -0.39 is 11.9 Å². The maximum absolute atomic E-state index is 10.9. The van der Waals surface area contributed by atoms with E-state index >= 15 is 0 Å². The zero-order valence-electron chi connectivity index (χ0n) is 14.3. The molecule has 1 aliphatic rings. The highest BCUT2D eigenvalue weighted by Gasteiger charge is 2.16. The van der Waals surface area contributed by atoms with Gasteiger partial charge in [-0.25, -0.2) is 9.59 Å². The molecule has 0 heterocycles. The lowest BCUT2D eigenvalue weighted by atomic mass is 9.88. The first kappa shape index (κ1) is 17.7. The van der Waals surface area contributed by atoms with Crippen molar-refractivity contribution in [3.63, 3.8) is 0 Å². The van der Waals surface area contributed by atoms with Gasteiger partial charge in [0.2, 0.25) is 0 Å². The summed E-state index contributed by atoms with van der Waals surface area (Å²) in [6.07, 6.45) is 4.28. The number of carboxylic acids is 2. The third-order valence-corrected chi connectivity index (χ3v) is 4.65. The Morgan fingerprint density at radius 1 is 0.692 bits per heavy atom. The number of carbonyl (C=O) groups is 2. The van der Waals surface area contributed by atoms with Gasteiger partial charge in [-0.3, -0.25) is 0 Å². The average molecular weight is 348 g/mol. The van der Waals surface area contributed by atoms with Crippen LogP contribution in [0.4, 0.5) is 0 Å². The van der Waals surface area contributed by atoms with Crippen molar-refractivity contribution in [2.45, 2.75) is 25.7 Å². The largest absolute Gasteiger partial charge is 0.478 e. The minimum absolute atomic E-state index is 0.359. The maximum atomic E-state index is 10.9. The van der Waals surface area contributed by atoms with Crippen LogP contribution in [0.1, 0.15) is 44.7 Å². The van der Waals surface area contributed by atoms with Crippen molar-refractivity contribution >= 4 is 22.7 Å². The van der Waals surface area contributed by atoms with Crippen LogP contribution in [0.5, 0.6) is 0 Å². The molecular formula is C22H20O4. The van der Waals surface area contributed by atoms with Crippen LogP contribution in [0.3, 0.4) is 0 Å². The molecular weight excluding hydrogens is 328 g/mol. The van der Waals surface area contributed by atoms with Gasteiger partial charge in [-0.15, -0.1) is 0 Å². The molecule has 1 aliphatic carbocycles. The fourth-order valence-corrected chi connectivity index (χ4v) is 3.39. The van der Waals surface area contributed by atoms with Crippen molar-refractivity contribution in [2.24, 2.45) is 0 Å². The third kappa shape index (κ3) is 3.75. The first-order valence-electron chi connectivity index (χ1n) is 8.63. The lowest BCUT2D eigenvalue weighted by Crippen LogP contribution is -2.09. The minimum atomic E-state index is -0.878. The van der Waals surface area contributed by atoms with E-state index in [1.54, 1.807) is 18.2 Å². The van der Waals surface area contributed by atoms with Crippen LogP contribution in [-0.4, -0.2) is 22.2 Å². The summed E-state index contributed by atoms with van der Waals surface area (Å²) in [5, 5.41) is 19.6. The molecule has 0 radical (unpaired) electrons. The normalized spacial score (nSPS) is 12.6. The van der Waals surface area contributed by atoms with E-state index in [1.165, 1.54) is 12.0 Å². The Hall–Kier alpha value is -3.14. The third-order valence-electron chi connectivity index (χ3n) is 4.65. The maximum Gasteiger partial charge on any atom is 0.336 e. The molecule has 0 aromatic heterocycles. The minimum Gasteiger partial charge on any atom is -0.478 e. The molecule has 0 fully saturated rings. The number of aryl methyl sites for hydroxylation is 1.